The van der Waals surface area contributed by atoms with Crippen LogP contribution in [0.1, 0.15) is 13.3 Å². The average Bonchev–Trinajstić information content (AvgIpc) is 1.98. The van der Waals surface area contributed by atoms with Gasteiger partial charge < -0.3 is 15.9 Å². The van der Waals surface area contributed by atoms with Gasteiger partial charge >= 0.3 is 0 Å². The van der Waals surface area contributed by atoms with Crippen LogP contribution in [0.25, 0.3) is 0 Å². The summed E-state index contributed by atoms with van der Waals surface area (Å²) >= 11 is 4.77. The number of rotatable bonds is 5. The Hall–Kier alpha value is -0.520. The minimum absolute atomic E-state index is 0.0984. The van der Waals surface area contributed by atoms with E-state index in [1.165, 1.54) is 0 Å². The number of hydrogen-bond donors (Lipinski definition) is 3. The van der Waals surface area contributed by atoms with Gasteiger partial charge in [0.05, 0.1) is 18.6 Å². The number of amides is 1. The summed E-state index contributed by atoms with van der Waals surface area (Å²) in [4.78, 5) is 11.2. The van der Waals surface area contributed by atoms with Crippen LogP contribution in [0.5, 0.6) is 0 Å². The topological polar surface area (TPSA) is 83.6 Å². The molecule has 0 saturated carbocycles. The molecule has 0 aliphatic carbocycles. The lowest BCUT2D eigenvalue weighted by molar-refractivity contribution is -0.120. The van der Waals surface area contributed by atoms with Crippen LogP contribution in [0.15, 0.2) is 0 Å². The van der Waals surface area contributed by atoms with Crippen LogP contribution < -0.4 is 5.73 Å². The van der Waals surface area contributed by atoms with Crippen molar-refractivity contribution in [2.75, 3.05) is 6.61 Å². The first-order valence-electron chi connectivity index (χ1n) is 3.57. The van der Waals surface area contributed by atoms with Crippen molar-refractivity contribution in [3.63, 3.8) is 0 Å². The maximum absolute atomic E-state index is 10.7. The summed E-state index contributed by atoms with van der Waals surface area (Å²) in [6.07, 6.45) is -0.832. The van der Waals surface area contributed by atoms with Crippen molar-refractivity contribution in [3.05, 3.63) is 0 Å². The van der Waals surface area contributed by atoms with E-state index in [1.807, 2.05) is 0 Å². The number of aliphatic hydroxyl groups is 2. The van der Waals surface area contributed by atoms with Gasteiger partial charge in [-0.05, 0) is 13.3 Å². The van der Waals surface area contributed by atoms with Crippen molar-refractivity contribution in [3.8, 4) is 0 Å². The van der Waals surface area contributed by atoms with Gasteiger partial charge in [0.15, 0.2) is 0 Å². The molecule has 0 spiro atoms. The van der Waals surface area contributed by atoms with Crippen molar-refractivity contribution in [2.45, 2.75) is 19.4 Å². The van der Waals surface area contributed by atoms with E-state index >= 15 is 0 Å². The molecule has 4 N–H and O–H groups in total. The summed E-state index contributed by atoms with van der Waals surface area (Å²) in [5.41, 5.74) is 5.02. The highest BCUT2D eigenvalue weighted by molar-refractivity contribution is 7.80. The van der Waals surface area contributed by atoms with E-state index in [4.69, 9.17) is 28.2 Å². The lowest BCUT2D eigenvalue weighted by Gasteiger charge is -2.14. The Bertz CT molecular complexity index is 169. The Labute approximate surface area is 76.4 Å². The van der Waals surface area contributed by atoms with Crippen LogP contribution in [0.4, 0.5) is 0 Å². The van der Waals surface area contributed by atoms with Crippen LogP contribution >= 0.6 is 12.2 Å². The van der Waals surface area contributed by atoms with Gasteiger partial charge in [-0.3, -0.25) is 4.79 Å². The van der Waals surface area contributed by atoms with Gasteiger partial charge in [-0.25, -0.2) is 0 Å². The number of carbonyl (C=O) groups excluding carboxylic acids is 1. The Morgan fingerprint density at radius 3 is 2.42 bits per heavy atom. The minimum Gasteiger partial charge on any atom is -0.394 e. The average molecular weight is 191 g/mol. The summed E-state index contributed by atoms with van der Waals surface area (Å²) in [5, 5.41) is 17.5. The summed E-state index contributed by atoms with van der Waals surface area (Å²) in [5.74, 6) is -1.18. The second kappa shape index (κ2) is 5.18. The molecule has 5 heteroatoms. The molecule has 0 radical (unpaired) electrons. The van der Waals surface area contributed by atoms with Crippen LogP contribution in [0, 0.1) is 5.92 Å². The Morgan fingerprint density at radius 2 is 2.17 bits per heavy atom. The third-order valence-corrected chi connectivity index (χ3v) is 1.84. The highest BCUT2D eigenvalue weighted by Crippen LogP contribution is 2.08. The van der Waals surface area contributed by atoms with E-state index < -0.39 is 17.9 Å². The molecule has 0 saturated heterocycles. The molecule has 0 heterocycles. The Balaban J connectivity index is 4.14. The van der Waals surface area contributed by atoms with Crippen molar-refractivity contribution in [1.82, 2.24) is 0 Å². The molecule has 0 aromatic carbocycles. The molecule has 0 aliphatic rings. The molecule has 0 fully saturated rings. The monoisotopic (exact) mass is 191 g/mol. The molecule has 0 rings (SSSR count). The normalized spacial score (nSPS) is 15.2. The van der Waals surface area contributed by atoms with Gasteiger partial charge in [0.2, 0.25) is 5.91 Å². The number of aliphatic hydroxyl groups excluding tert-OH is 2. The number of hydrogen-bond acceptors (Lipinski definition) is 4. The predicted molar refractivity (Wildman–Crippen MR) is 48.7 cm³/mol. The molecule has 2 atom stereocenters. The van der Waals surface area contributed by atoms with Gasteiger partial charge in [-0.1, -0.05) is 12.2 Å². The van der Waals surface area contributed by atoms with Crippen LogP contribution in [-0.4, -0.2) is 33.7 Å². The zero-order chi connectivity index (χ0) is 9.72. The quantitative estimate of drug-likeness (QED) is 0.498. The van der Waals surface area contributed by atoms with Crippen molar-refractivity contribution < 1.29 is 15.0 Å². The van der Waals surface area contributed by atoms with E-state index in [2.05, 4.69) is 0 Å². The number of nitrogens with two attached hydrogens (primary N) is 1. The third kappa shape index (κ3) is 3.75. The standard InChI is InChI=1S/C7H13NO3S/c1-4(12)6(7(8)11)2-5(10)3-9/h5-6,9-10H,2-3H2,1H3,(H2,8,11). The zero-order valence-electron chi connectivity index (χ0n) is 6.86. The molecule has 1 amide bonds. The van der Waals surface area contributed by atoms with Crippen molar-refractivity contribution in [2.24, 2.45) is 11.7 Å². The van der Waals surface area contributed by atoms with Crippen molar-refractivity contribution in [1.29, 1.82) is 0 Å². The molecule has 70 valence electrons. The highest BCUT2D eigenvalue weighted by Gasteiger charge is 2.20. The van der Waals surface area contributed by atoms with Gasteiger partial charge in [0.25, 0.3) is 0 Å². The van der Waals surface area contributed by atoms with E-state index in [1.54, 1.807) is 6.92 Å². The molecule has 0 aromatic rings. The maximum atomic E-state index is 10.7. The summed E-state index contributed by atoms with van der Waals surface area (Å²) in [6.45, 7) is 1.21. The van der Waals surface area contributed by atoms with Gasteiger partial charge in [0.1, 0.15) is 0 Å². The van der Waals surface area contributed by atoms with Crippen LogP contribution in [-0.2, 0) is 4.79 Å². The van der Waals surface area contributed by atoms with Gasteiger partial charge in [-0.15, -0.1) is 0 Å². The van der Waals surface area contributed by atoms with Crippen LogP contribution in [0.2, 0.25) is 0 Å². The molecule has 0 bridgehead atoms. The number of thiocarbonyl (C=S) groups is 1. The molecule has 12 heavy (non-hydrogen) atoms. The Kier molecular flexibility index (Phi) is 4.96. The first-order chi connectivity index (χ1) is 5.49. The maximum Gasteiger partial charge on any atom is 0.225 e. The lowest BCUT2D eigenvalue weighted by Crippen LogP contribution is -2.32. The molecular formula is C7H13NO3S. The van der Waals surface area contributed by atoms with Crippen LogP contribution in [0.3, 0.4) is 0 Å². The summed E-state index contributed by atoms with van der Waals surface area (Å²) < 4.78 is 0. The van der Waals surface area contributed by atoms with E-state index in [0.717, 1.165) is 0 Å². The van der Waals surface area contributed by atoms with E-state index in [0.29, 0.717) is 4.86 Å². The molecule has 2 unspecified atom stereocenters. The van der Waals surface area contributed by atoms with Crippen molar-refractivity contribution >= 4 is 23.0 Å². The zero-order valence-corrected chi connectivity index (χ0v) is 7.67. The number of carbonyl (C=O) groups is 1. The van der Waals surface area contributed by atoms with Gasteiger partial charge in [-0.2, -0.15) is 0 Å². The highest BCUT2D eigenvalue weighted by atomic mass is 32.1. The predicted octanol–water partition coefficient (Wildman–Crippen LogP) is -0.779. The fourth-order valence-electron chi connectivity index (χ4n) is 0.829. The number of primary amides is 1. The second-order valence-electron chi connectivity index (χ2n) is 2.64. The lowest BCUT2D eigenvalue weighted by atomic mass is 9.98. The molecule has 4 nitrogen and oxygen atoms in total. The SMILES string of the molecule is CC(=S)C(CC(O)CO)C(N)=O. The fourth-order valence-corrected chi connectivity index (χ4v) is 1.04. The minimum atomic E-state index is -0.930. The second-order valence-corrected chi connectivity index (χ2v) is 3.28. The summed E-state index contributed by atoms with van der Waals surface area (Å²) in [7, 11) is 0. The van der Waals surface area contributed by atoms with E-state index in [-0.39, 0.29) is 13.0 Å². The molecular weight excluding hydrogens is 178 g/mol. The largest absolute Gasteiger partial charge is 0.394 e. The smallest absolute Gasteiger partial charge is 0.225 e. The summed E-state index contributed by atoms with van der Waals surface area (Å²) in [6, 6.07) is 0. The van der Waals surface area contributed by atoms with Gasteiger partial charge in [0, 0.05) is 4.86 Å². The first kappa shape index (κ1) is 11.5. The third-order valence-electron chi connectivity index (χ3n) is 1.55. The fraction of sp³-hybridized carbons (Fsp3) is 0.714. The first-order valence-corrected chi connectivity index (χ1v) is 3.98. The molecule has 0 aromatic heterocycles. The Morgan fingerprint density at radius 1 is 1.67 bits per heavy atom. The molecule has 0 aliphatic heterocycles. The van der Waals surface area contributed by atoms with E-state index in [9.17, 15) is 4.79 Å².